The summed E-state index contributed by atoms with van der Waals surface area (Å²) in [6.45, 7) is 9.64. The first-order valence-electron chi connectivity index (χ1n) is 7.25. The summed E-state index contributed by atoms with van der Waals surface area (Å²) in [6, 6.07) is 8.10. The average molecular weight is 304 g/mol. The SMILES string of the molecule is COc1ccc(-c2nc(CCNC(C)(C)C)sc2C)cc1. The number of aryl methyl sites for hydroxylation is 1. The second-order valence-electron chi connectivity index (χ2n) is 6.17. The fourth-order valence-corrected chi connectivity index (χ4v) is 3.07. The van der Waals surface area contributed by atoms with Crippen LogP contribution in [0.1, 0.15) is 30.7 Å². The molecule has 114 valence electrons. The second kappa shape index (κ2) is 6.58. The summed E-state index contributed by atoms with van der Waals surface area (Å²) in [6.07, 6.45) is 0.971. The first-order chi connectivity index (χ1) is 9.89. The number of methoxy groups -OCH3 is 1. The third kappa shape index (κ3) is 4.55. The van der Waals surface area contributed by atoms with E-state index in [9.17, 15) is 0 Å². The molecule has 1 heterocycles. The molecule has 0 radical (unpaired) electrons. The van der Waals surface area contributed by atoms with Gasteiger partial charge in [0, 0.05) is 28.9 Å². The fourth-order valence-electron chi connectivity index (χ4n) is 2.12. The zero-order valence-corrected chi connectivity index (χ0v) is 14.3. The van der Waals surface area contributed by atoms with Crippen molar-refractivity contribution in [3.8, 4) is 17.0 Å². The van der Waals surface area contributed by atoms with Crippen LogP contribution in [0.3, 0.4) is 0 Å². The summed E-state index contributed by atoms with van der Waals surface area (Å²) < 4.78 is 5.20. The van der Waals surface area contributed by atoms with E-state index in [1.165, 1.54) is 9.88 Å². The first-order valence-corrected chi connectivity index (χ1v) is 8.06. The van der Waals surface area contributed by atoms with Crippen molar-refractivity contribution in [3.05, 3.63) is 34.2 Å². The van der Waals surface area contributed by atoms with E-state index in [0.717, 1.165) is 30.0 Å². The molecule has 1 aromatic carbocycles. The Hall–Kier alpha value is -1.39. The van der Waals surface area contributed by atoms with E-state index in [0.29, 0.717) is 0 Å². The molecule has 0 saturated carbocycles. The highest BCUT2D eigenvalue weighted by molar-refractivity contribution is 7.12. The highest BCUT2D eigenvalue weighted by Crippen LogP contribution is 2.29. The molecule has 2 aromatic rings. The summed E-state index contributed by atoms with van der Waals surface area (Å²) in [7, 11) is 1.68. The molecule has 2 rings (SSSR count). The summed E-state index contributed by atoms with van der Waals surface area (Å²) in [5.74, 6) is 0.876. The lowest BCUT2D eigenvalue weighted by atomic mass is 10.1. The van der Waals surface area contributed by atoms with Gasteiger partial charge in [-0.05, 0) is 52.0 Å². The minimum Gasteiger partial charge on any atom is -0.497 e. The van der Waals surface area contributed by atoms with Gasteiger partial charge in [-0.2, -0.15) is 0 Å². The first kappa shape index (κ1) is 16.0. The van der Waals surface area contributed by atoms with Crippen LogP contribution in [0, 0.1) is 6.92 Å². The van der Waals surface area contributed by atoms with E-state index < -0.39 is 0 Å². The van der Waals surface area contributed by atoms with E-state index in [1.54, 1.807) is 18.4 Å². The van der Waals surface area contributed by atoms with Gasteiger partial charge in [0.05, 0.1) is 17.8 Å². The van der Waals surface area contributed by atoms with Crippen molar-refractivity contribution in [3.63, 3.8) is 0 Å². The minimum atomic E-state index is 0.158. The maximum absolute atomic E-state index is 5.20. The van der Waals surface area contributed by atoms with Crippen molar-refractivity contribution in [1.29, 1.82) is 0 Å². The second-order valence-corrected chi connectivity index (χ2v) is 7.46. The molecule has 0 spiro atoms. The largest absolute Gasteiger partial charge is 0.497 e. The Morgan fingerprint density at radius 1 is 1.19 bits per heavy atom. The Morgan fingerprint density at radius 3 is 2.43 bits per heavy atom. The lowest BCUT2D eigenvalue weighted by molar-refractivity contribution is 0.415. The van der Waals surface area contributed by atoms with Gasteiger partial charge in [0.1, 0.15) is 5.75 Å². The van der Waals surface area contributed by atoms with Crippen LogP contribution < -0.4 is 10.1 Å². The molecule has 0 atom stereocenters. The molecule has 0 aliphatic heterocycles. The van der Waals surface area contributed by atoms with Crippen molar-refractivity contribution >= 4 is 11.3 Å². The maximum atomic E-state index is 5.20. The van der Waals surface area contributed by atoms with Crippen molar-refractivity contribution in [1.82, 2.24) is 10.3 Å². The summed E-state index contributed by atoms with van der Waals surface area (Å²) in [5.41, 5.74) is 2.40. The number of nitrogens with zero attached hydrogens (tertiary/aromatic N) is 1. The molecule has 0 amide bonds. The van der Waals surface area contributed by atoms with Crippen LogP contribution in [0.15, 0.2) is 24.3 Å². The molecule has 4 heteroatoms. The Labute approximate surface area is 131 Å². The highest BCUT2D eigenvalue weighted by atomic mass is 32.1. The van der Waals surface area contributed by atoms with E-state index >= 15 is 0 Å². The third-order valence-corrected chi connectivity index (χ3v) is 4.23. The molecule has 3 nitrogen and oxygen atoms in total. The molecule has 21 heavy (non-hydrogen) atoms. The quantitative estimate of drug-likeness (QED) is 0.904. The summed E-state index contributed by atoms with van der Waals surface area (Å²) in [5, 5.41) is 4.69. The zero-order valence-electron chi connectivity index (χ0n) is 13.5. The number of hydrogen-bond donors (Lipinski definition) is 1. The number of hydrogen-bond acceptors (Lipinski definition) is 4. The van der Waals surface area contributed by atoms with E-state index in [1.807, 2.05) is 12.1 Å². The lowest BCUT2D eigenvalue weighted by Gasteiger charge is -2.19. The van der Waals surface area contributed by atoms with Gasteiger partial charge in [0.15, 0.2) is 0 Å². The number of benzene rings is 1. The van der Waals surface area contributed by atoms with Crippen molar-refractivity contribution in [2.24, 2.45) is 0 Å². The van der Waals surface area contributed by atoms with Crippen molar-refractivity contribution < 1.29 is 4.74 Å². The molecule has 0 aliphatic rings. The van der Waals surface area contributed by atoms with Gasteiger partial charge in [-0.3, -0.25) is 0 Å². The van der Waals surface area contributed by atoms with Gasteiger partial charge in [0.2, 0.25) is 0 Å². The molecular formula is C17H24N2OS. The molecule has 0 saturated heterocycles. The normalized spacial score (nSPS) is 11.7. The van der Waals surface area contributed by atoms with E-state index in [4.69, 9.17) is 9.72 Å². The highest BCUT2D eigenvalue weighted by Gasteiger charge is 2.12. The Balaban J connectivity index is 2.07. The standard InChI is InChI=1S/C17H24N2OS/c1-12-16(13-6-8-14(20-5)9-7-13)19-15(21-12)10-11-18-17(2,3)4/h6-9,18H,10-11H2,1-5H3. The zero-order chi connectivity index (χ0) is 15.5. The lowest BCUT2D eigenvalue weighted by Crippen LogP contribution is -2.37. The third-order valence-electron chi connectivity index (χ3n) is 3.20. The molecule has 0 aliphatic carbocycles. The minimum absolute atomic E-state index is 0.158. The van der Waals surface area contributed by atoms with Gasteiger partial charge in [0.25, 0.3) is 0 Å². The monoisotopic (exact) mass is 304 g/mol. The van der Waals surface area contributed by atoms with Crippen LogP contribution in [0.5, 0.6) is 5.75 Å². The number of thiazole rings is 1. The Bertz CT molecular complexity index is 582. The molecule has 1 N–H and O–H groups in total. The van der Waals surface area contributed by atoms with Crippen molar-refractivity contribution in [2.45, 2.75) is 39.7 Å². The van der Waals surface area contributed by atoms with Gasteiger partial charge in [-0.15, -0.1) is 11.3 Å². The van der Waals surface area contributed by atoms with Crippen molar-refractivity contribution in [2.75, 3.05) is 13.7 Å². The fraction of sp³-hybridized carbons (Fsp3) is 0.471. The molecular weight excluding hydrogens is 280 g/mol. The number of nitrogens with one attached hydrogen (secondary N) is 1. The van der Waals surface area contributed by atoms with E-state index in [2.05, 4.69) is 45.1 Å². The van der Waals surface area contributed by atoms with Gasteiger partial charge in [-0.1, -0.05) is 0 Å². The van der Waals surface area contributed by atoms with Crippen LogP contribution in [0.4, 0.5) is 0 Å². The molecule has 0 bridgehead atoms. The molecule has 0 unspecified atom stereocenters. The number of aromatic nitrogens is 1. The number of rotatable bonds is 5. The predicted molar refractivity (Wildman–Crippen MR) is 90.3 cm³/mol. The van der Waals surface area contributed by atoms with Gasteiger partial charge in [-0.25, -0.2) is 4.98 Å². The van der Waals surface area contributed by atoms with E-state index in [-0.39, 0.29) is 5.54 Å². The number of ether oxygens (including phenoxy) is 1. The van der Waals surface area contributed by atoms with Crippen LogP contribution in [-0.2, 0) is 6.42 Å². The molecule has 0 fully saturated rings. The summed E-state index contributed by atoms with van der Waals surface area (Å²) >= 11 is 1.79. The van der Waals surface area contributed by atoms with Crippen LogP contribution in [0.25, 0.3) is 11.3 Å². The molecule has 1 aromatic heterocycles. The van der Waals surface area contributed by atoms with Crippen LogP contribution >= 0.6 is 11.3 Å². The topological polar surface area (TPSA) is 34.1 Å². The van der Waals surface area contributed by atoms with Crippen LogP contribution in [-0.4, -0.2) is 24.2 Å². The Morgan fingerprint density at radius 2 is 1.86 bits per heavy atom. The summed E-state index contributed by atoms with van der Waals surface area (Å²) in [4.78, 5) is 6.06. The average Bonchev–Trinajstić information content (AvgIpc) is 2.78. The Kier molecular flexibility index (Phi) is 5.01. The van der Waals surface area contributed by atoms with Gasteiger partial charge >= 0.3 is 0 Å². The maximum Gasteiger partial charge on any atom is 0.118 e. The van der Waals surface area contributed by atoms with Crippen LogP contribution in [0.2, 0.25) is 0 Å². The predicted octanol–water partition coefficient (Wildman–Crippen LogP) is 4.06. The smallest absolute Gasteiger partial charge is 0.118 e. The van der Waals surface area contributed by atoms with Gasteiger partial charge < -0.3 is 10.1 Å².